The van der Waals surface area contributed by atoms with Crippen molar-refractivity contribution in [3.63, 3.8) is 0 Å². The van der Waals surface area contributed by atoms with E-state index >= 15 is 0 Å². The molecule has 0 bridgehead atoms. The van der Waals surface area contributed by atoms with Gasteiger partial charge in [0.2, 0.25) is 0 Å². The zero-order chi connectivity index (χ0) is 17.0. The monoisotopic (exact) mass is 337 g/mol. The first-order chi connectivity index (χ1) is 11.0. The number of hydrogen-bond donors (Lipinski definition) is 3. The summed E-state index contributed by atoms with van der Waals surface area (Å²) < 4.78 is 0. The second-order valence-corrected chi connectivity index (χ2v) is 5.16. The van der Waals surface area contributed by atoms with Gasteiger partial charge in [0.25, 0.3) is 17.7 Å². The molecule has 1 aliphatic heterocycles. The summed E-state index contributed by atoms with van der Waals surface area (Å²) in [5.41, 5.74) is 0.796. The summed E-state index contributed by atoms with van der Waals surface area (Å²) >= 11 is 6.00. The van der Waals surface area contributed by atoms with Crippen LogP contribution in [-0.2, 0) is 9.59 Å². The van der Waals surface area contributed by atoms with E-state index < -0.39 is 11.8 Å². The SMILES string of the molecule is CCNC(=O)c1cc(NC2=CC(=O)N(CCO)C2=O)ccc1Cl. The Hall–Kier alpha value is -2.38. The molecule has 122 valence electrons. The lowest BCUT2D eigenvalue weighted by atomic mass is 10.1. The van der Waals surface area contributed by atoms with Gasteiger partial charge in [-0.15, -0.1) is 0 Å². The van der Waals surface area contributed by atoms with Gasteiger partial charge in [0.05, 0.1) is 23.7 Å². The van der Waals surface area contributed by atoms with Gasteiger partial charge >= 0.3 is 0 Å². The number of halogens is 1. The van der Waals surface area contributed by atoms with Crippen LogP contribution in [0.15, 0.2) is 30.0 Å². The second kappa shape index (κ2) is 7.26. The molecule has 8 heteroatoms. The molecule has 0 saturated heterocycles. The van der Waals surface area contributed by atoms with Crippen molar-refractivity contribution < 1.29 is 19.5 Å². The molecule has 0 fully saturated rings. The largest absolute Gasteiger partial charge is 0.395 e. The maximum atomic E-state index is 12.1. The van der Waals surface area contributed by atoms with Crippen molar-refractivity contribution in [2.45, 2.75) is 6.92 Å². The van der Waals surface area contributed by atoms with Crippen molar-refractivity contribution in [3.05, 3.63) is 40.6 Å². The van der Waals surface area contributed by atoms with Gasteiger partial charge in [0.15, 0.2) is 0 Å². The fraction of sp³-hybridized carbons (Fsp3) is 0.267. The first-order valence-electron chi connectivity index (χ1n) is 7.01. The number of nitrogens with zero attached hydrogens (tertiary/aromatic N) is 1. The summed E-state index contributed by atoms with van der Waals surface area (Å²) in [7, 11) is 0. The molecule has 3 amide bonds. The van der Waals surface area contributed by atoms with E-state index in [0.29, 0.717) is 12.2 Å². The Morgan fingerprint density at radius 3 is 2.74 bits per heavy atom. The number of β-amino-alcohol motifs (C(OH)–C–C–N with tert-alkyl or cyclic N) is 1. The van der Waals surface area contributed by atoms with Crippen LogP contribution in [0.1, 0.15) is 17.3 Å². The van der Waals surface area contributed by atoms with E-state index in [0.717, 1.165) is 11.0 Å². The fourth-order valence-electron chi connectivity index (χ4n) is 2.10. The molecule has 0 aliphatic carbocycles. The number of aliphatic hydroxyl groups is 1. The van der Waals surface area contributed by atoms with Crippen LogP contribution >= 0.6 is 11.6 Å². The number of carbonyl (C=O) groups is 3. The van der Waals surface area contributed by atoms with E-state index in [1.807, 2.05) is 0 Å². The predicted octanol–water partition coefficient (Wildman–Crippen LogP) is 0.747. The molecule has 0 aromatic heterocycles. The van der Waals surface area contributed by atoms with E-state index in [1.165, 1.54) is 12.1 Å². The highest BCUT2D eigenvalue weighted by Crippen LogP contribution is 2.23. The molecule has 0 saturated carbocycles. The van der Waals surface area contributed by atoms with Crippen LogP contribution in [0.4, 0.5) is 5.69 Å². The molecule has 2 rings (SSSR count). The zero-order valence-corrected chi connectivity index (χ0v) is 13.2. The molecule has 1 aromatic carbocycles. The summed E-state index contributed by atoms with van der Waals surface area (Å²) in [6, 6.07) is 4.63. The molecule has 0 radical (unpaired) electrons. The average molecular weight is 338 g/mol. The van der Waals surface area contributed by atoms with Crippen molar-refractivity contribution in [1.29, 1.82) is 0 Å². The lowest BCUT2D eigenvalue weighted by Crippen LogP contribution is -2.34. The molecule has 1 heterocycles. The van der Waals surface area contributed by atoms with Gasteiger partial charge in [0, 0.05) is 18.3 Å². The molecular weight excluding hydrogens is 322 g/mol. The van der Waals surface area contributed by atoms with Crippen LogP contribution in [0.5, 0.6) is 0 Å². The van der Waals surface area contributed by atoms with Crippen molar-refractivity contribution in [1.82, 2.24) is 10.2 Å². The molecule has 1 aromatic rings. The third kappa shape index (κ3) is 3.69. The Labute approximate surface area is 137 Å². The Morgan fingerprint density at radius 1 is 1.35 bits per heavy atom. The third-order valence-corrected chi connectivity index (χ3v) is 3.49. The van der Waals surface area contributed by atoms with Crippen LogP contribution in [0.2, 0.25) is 5.02 Å². The molecule has 23 heavy (non-hydrogen) atoms. The predicted molar refractivity (Wildman–Crippen MR) is 85.0 cm³/mol. The molecule has 0 spiro atoms. The lowest BCUT2D eigenvalue weighted by molar-refractivity contribution is -0.137. The van der Waals surface area contributed by atoms with Crippen molar-refractivity contribution >= 4 is 35.0 Å². The van der Waals surface area contributed by atoms with Gasteiger partial charge in [-0.1, -0.05) is 11.6 Å². The van der Waals surface area contributed by atoms with Crippen molar-refractivity contribution in [3.8, 4) is 0 Å². The van der Waals surface area contributed by atoms with Crippen LogP contribution in [0.25, 0.3) is 0 Å². The maximum absolute atomic E-state index is 12.1. The van der Waals surface area contributed by atoms with Crippen molar-refractivity contribution in [2.75, 3.05) is 25.0 Å². The Kier molecular flexibility index (Phi) is 5.36. The summed E-state index contributed by atoms with van der Waals surface area (Å²) in [6.45, 7) is 1.88. The standard InChI is InChI=1S/C15H16ClN3O4/c1-2-17-14(22)10-7-9(3-4-11(10)16)18-12-8-13(21)19(5-6-20)15(12)23/h3-4,7-8,18,20H,2,5-6H2,1H3,(H,17,22). The van der Waals surface area contributed by atoms with E-state index in [1.54, 1.807) is 13.0 Å². The fourth-order valence-corrected chi connectivity index (χ4v) is 2.30. The number of imide groups is 1. The van der Waals surface area contributed by atoms with Crippen LogP contribution < -0.4 is 10.6 Å². The zero-order valence-electron chi connectivity index (χ0n) is 12.4. The second-order valence-electron chi connectivity index (χ2n) is 4.76. The Morgan fingerprint density at radius 2 is 2.09 bits per heavy atom. The quantitative estimate of drug-likeness (QED) is 0.665. The summed E-state index contributed by atoms with van der Waals surface area (Å²) in [5, 5.41) is 14.6. The summed E-state index contributed by atoms with van der Waals surface area (Å²) in [5.74, 6) is -1.35. The Balaban J connectivity index is 2.20. The lowest BCUT2D eigenvalue weighted by Gasteiger charge is -2.14. The van der Waals surface area contributed by atoms with E-state index in [-0.39, 0.29) is 35.3 Å². The highest BCUT2D eigenvalue weighted by Gasteiger charge is 2.30. The average Bonchev–Trinajstić information content (AvgIpc) is 2.77. The van der Waals surface area contributed by atoms with Gasteiger partial charge < -0.3 is 15.7 Å². The third-order valence-electron chi connectivity index (χ3n) is 3.16. The molecule has 3 N–H and O–H groups in total. The van der Waals surface area contributed by atoms with Crippen LogP contribution in [0, 0.1) is 0 Å². The molecule has 0 atom stereocenters. The number of carbonyl (C=O) groups excluding carboxylic acids is 3. The van der Waals surface area contributed by atoms with E-state index in [4.69, 9.17) is 16.7 Å². The minimum Gasteiger partial charge on any atom is -0.395 e. The van der Waals surface area contributed by atoms with Crippen LogP contribution in [-0.4, -0.2) is 47.4 Å². The van der Waals surface area contributed by atoms with Gasteiger partial charge in [-0.3, -0.25) is 19.3 Å². The number of nitrogens with one attached hydrogen (secondary N) is 2. The highest BCUT2D eigenvalue weighted by atomic mass is 35.5. The van der Waals surface area contributed by atoms with Crippen LogP contribution in [0.3, 0.4) is 0 Å². The first kappa shape index (κ1) is 17.0. The molecule has 0 unspecified atom stereocenters. The normalized spacial score (nSPS) is 14.0. The number of aliphatic hydroxyl groups excluding tert-OH is 1. The topological polar surface area (TPSA) is 98.7 Å². The number of hydrogen-bond acceptors (Lipinski definition) is 5. The number of amides is 3. The summed E-state index contributed by atoms with van der Waals surface area (Å²) in [6.07, 6.45) is 1.15. The highest BCUT2D eigenvalue weighted by molar-refractivity contribution is 6.34. The smallest absolute Gasteiger partial charge is 0.277 e. The maximum Gasteiger partial charge on any atom is 0.277 e. The minimum absolute atomic E-state index is 0.0654. The van der Waals surface area contributed by atoms with Gasteiger partial charge in [0.1, 0.15) is 5.70 Å². The Bertz CT molecular complexity index is 687. The van der Waals surface area contributed by atoms with Crippen molar-refractivity contribution in [2.24, 2.45) is 0 Å². The minimum atomic E-state index is -0.529. The number of benzene rings is 1. The first-order valence-corrected chi connectivity index (χ1v) is 7.39. The number of rotatable bonds is 6. The molecular formula is C15H16ClN3O4. The molecule has 7 nitrogen and oxygen atoms in total. The summed E-state index contributed by atoms with van der Waals surface area (Å²) in [4.78, 5) is 36.6. The van der Waals surface area contributed by atoms with E-state index in [2.05, 4.69) is 10.6 Å². The van der Waals surface area contributed by atoms with E-state index in [9.17, 15) is 14.4 Å². The molecule has 1 aliphatic rings. The van der Waals surface area contributed by atoms with Gasteiger partial charge in [-0.05, 0) is 25.1 Å². The van der Waals surface area contributed by atoms with Gasteiger partial charge in [-0.25, -0.2) is 0 Å². The van der Waals surface area contributed by atoms with Gasteiger partial charge in [-0.2, -0.15) is 0 Å². The number of anilines is 1.